The summed E-state index contributed by atoms with van der Waals surface area (Å²) in [5.41, 5.74) is 0.761. The van der Waals surface area contributed by atoms with E-state index in [1.807, 2.05) is 6.07 Å². The molecule has 26 heavy (non-hydrogen) atoms. The molecule has 6 nitrogen and oxygen atoms in total. The first-order valence-electron chi connectivity index (χ1n) is 7.77. The monoisotopic (exact) mass is 392 g/mol. The number of esters is 1. The summed E-state index contributed by atoms with van der Waals surface area (Å²) in [7, 11) is -3.81. The molecular weight excluding hydrogens is 376 g/mol. The topological polar surface area (TPSA) is 96.3 Å². The van der Waals surface area contributed by atoms with E-state index in [4.69, 9.17) is 21.6 Å². The number of nitriles is 1. The molecule has 0 amide bonds. The lowest BCUT2D eigenvalue weighted by Crippen LogP contribution is -2.24. The fourth-order valence-corrected chi connectivity index (χ4v) is 3.58. The van der Waals surface area contributed by atoms with Gasteiger partial charge in [0.15, 0.2) is 0 Å². The zero-order valence-corrected chi connectivity index (χ0v) is 15.5. The van der Waals surface area contributed by atoms with Gasteiger partial charge in [-0.15, -0.1) is 0 Å². The summed E-state index contributed by atoms with van der Waals surface area (Å²) < 4.78 is 32.0. The van der Waals surface area contributed by atoms with Crippen molar-refractivity contribution in [3.05, 3.63) is 64.7 Å². The van der Waals surface area contributed by atoms with Crippen LogP contribution in [0.5, 0.6) is 0 Å². The fourth-order valence-electron chi connectivity index (χ4n) is 2.21. The van der Waals surface area contributed by atoms with Crippen LogP contribution in [0.25, 0.3) is 0 Å². The minimum atomic E-state index is -3.81. The lowest BCUT2D eigenvalue weighted by molar-refractivity contribution is 0.0338. The zero-order valence-electron chi connectivity index (χ0n) is 14.0. The van der Waals surface area contributed by atoms with E-state index in [0.717, 1.165) is 0 Å². The summed E-state index contributed by atoms with van der Waals surface area (Å²) in [6.07, 6.45) is -0.540. The van der Waals surface area contributed by atoms with E-state index in [9.17, 15) is 13.2 Å². The van der Waals surface area contributed by atoms with E-state index in [0.29, 0.717) is 10.6 Å². The van der Waals surface area contributed by atoms with E-state index in [2.05, 4.69) is 4.72 Å². The number of benzene rings is 2. The molecule has 0 bridgehead atoms. The second-order valence-electron chi connectivity index (χ2n) is 5.40. The number of ether oxygens (including phenoxy) is 1. The van der Waals surface area contributed by atoms with Crippen molar-refractivity contribution in [2.75, 3.05) is 6.54 Å². The summed E-state index contributed by atoms with van der Waals surface area (Å²) in [6.45, 7) is 1.68. The molecule has 136 valence electrons. The van der Waals surface area contributed by atoms with E-state index < -0.39 is 22.1 Å². The summed E-state index contributed by atoms with van der Waals surface area (Å²) in [4.78, 5) is 12.3. The maximum Gasteiger partial charge on any atom is 0.338 e. The largest absolute Gasteiger partial charge is 0.454 e. The van der Waals surface area contributed by atoms with Crippen LogP contribution in [-0.4, -0.2) is 20.9 Å². The van der Waals surface area contributed by atoms with E-state index in [1.165, 1.54) is 24.3 Å². The molecular formula is C18H17ClN2O4S. The molecule has 0 saturated heterocycles. The Morgan fingerprint density at radius 1 is 1.27 bits per heavy atom. The maximum absolute atomic E-state index is 12.4. The van der Waals surface area contributed by atoms with Crippen molar-refractivity contribution in [2.24, 2.45) is 0 Å². The van der Waals surface area contributed by atoms with Gasteiger partial charge in [0, 0.05) is 23.6 Å². The highest BCUT2D eigenvalue weighted by molar-refractivity contribution is 7.89. The molecule has 0 heterocycles. The van der Waals surface area contributed by atoms with Gasteiger partial charge in [-0.2, -0.15) is 5.26 Å². The predicted molar refractivity (Wildman–Crippen MR) is 97.1 cm³/mol. The Morgan fingerprint density at radius 2 is 2.00 bits per heavy atom. The number of nitrogens with zero attached hydrogens (tertiary/aromatic N) is 1. The molecule has 2 rings (SSSR count). The Kier molecular flexibility index (Phi) is 6.75. The quantitative estimate of drug-likeness (QED) is 0.575. The molecule has 8 heteroatoms. The number of halogens is 1. The first kappa shape index (κ1) is 19.9. The Bertz CT molecular complexity index is 938. The molecule has 0 unspecified atom stereocenters. The third kappa shape index (κ3) is 5.05. The normalized spacial score (nSPS) is 12.2. The average Bonchev–Trinajstić information content (AvgIpc) is 2.62. The highest BCUT2D eigenvalue weighted by Gasteiger charge is 2.19. The summed E-state index contributed by atoms with van der Waals surface area (Å²) in [5.74, 6) is -0.661. The van der Waals surface area contributed by atoms with Crippen molar-refractivity contribution in [3.63, 3.8) is 0 Å². The SMILES string of the molecule is C[C@H](OC(=O)c1cccc(S(=O)(=O)NCCC#N)c1)c1ccccc1Cl. The van der Waals surface area contributed by atoms with Crippen LogP contribution in [0.15, 0.2) is 53.4 Å². The van der Waals surface area contributed by atoms with Gasteiger partial charge in [-0.3, -0.25) is 0 Å². The molecule has 1 atom stereocenters. The molecule has 2 aromatic carbocycles. The smallest absolute Gasteiger partial charge is 0.338 e. The van der Waals surface area contributed by atoms with Crippen molar-refractivity contribution >= 4 is 27.6 Å². The number of hydrogen-bond donors (Lipinski definition) is 1. The third-order valence-electron chi connectivity index (χ3n) is 3.54. The highest BCUT2D eigenvalue weighted by atomic mass is 35.5. The highest BCUT2D eigenvalue weighted by Crippen LogP contribution is 2.26. The molecule has 0 spiro atoms. The lowest BCUT2D eigenvalue weighted by Gasteiger charge is -2.15. The molecule has 0 saturated carbocycles. The van der Waals surface area contributed by atoms with Gasteiger partial charge >= 0.3 is 5.97 Å². The average molecular weight is 393 g/mol. The van der Waals surface area contributed by atoms with Crippen molar-refractivity contribution in [3.8, 4) is 6.07 Å². The molecule has 1 N–H and O–H groups in total. The van der Waals surface area contributed by atoms with Crippen LogP contribution in [0.4, 0.5) is 0 Å². The number of hydrogen-bond acceptors (Lipinski definition) is 5. The Morgan fingerprint density at radius 3 is 2.69 bits per heavy atom. The second kappa shape index (κ2) is 8.81. The minimum absolute atomic E-state index is 0.00293. The van der Waals surface area contributed by atoms with Gasteiger partial charge in [-0.1, -0.05) is 35.9 Å². The molecule has 0 radical (unpaired) electrons. The zero-order chi connectivity index (χ0) is 19.2. The van der Waals surface area contributed by atoms with Crippen LogP contribution in [0, 0.1) is 11.3 Å². The van der Waals surface area contributed by atoms with Gasteiger partial charge in [-0.25, -0.2) is 17.9 Å². The van der Waals surface area contributed by atoms with Crippen LogP contribution in [-0.2, 0) is 14.8 Å². The Labute approximate surface area is 157 Å². The number of nitrogens with one attached hydrogen (secondary N) is 1. The second-order valence-corrected chi connectivity index (χ2v) is 7.58. The van der Waals surface area contributed by atoms with Crippen molar-refractivity contribution in [2.45, 2.75) is 24.3 Å². The first-order valence-corrected chi connectivity index (χ1v) is 9.63. The summed E-state index contributed by atoms with van der Waals surface area (Å²) in [5, 5.41) is 8.97. The number of sulfonamides is 1. The fraction of sp³-hybridized carbons (Fsp3) is 0.222. The lowest BCUT2D eigenvalue weighted by atomic mass is 10.1. The van der Waals surface area contributed by atoms with Gasteiger partial charge in [0.2, 0.25) is 10.0 Å². The molecule has 0 aliphatic heterocycles. The van der Waals surface area contributed by atoms with E-state index in [1.54, 1.807) is 31.2 Å². The van der Waals surface area contributed by atoms with Crippen molar-refractivity contribution in [1.29, 1.82) is 5.26 Å². The number of carbonyl (C=O) groups is 1. The van der Waals surface area contributed by atoms with E-state index in [-0.39, 0.29) is 23.4 Å². The van der Waals surface area contributed by atoms with Crippen LogP contribution < -0.4 is 4.72 Å². The van der Waals surface area contributed by atoms with Crippen LogP contribution in [0.2, 0.25) is 5.02 Å². The third-order valence-corrected chi connectivity index (χ3v) is 5.34. The molecule has 2 aromatic rings. The Hall–Kier alpha value is -2.40. The predicted octanol–water partition coefficient (Wildman–Crippen LogP) is 3.45. The molecule has 0 fully saturated rings. The van der Waals surface area contributed by atoms with Gasteiger partial charge in [-0.05, 0) is 31.2 Å². The molecule has 0 aliphatic carbocycles. The summed E-state index contributed by atoms with van der Waals surface area (Å²) in [6, 6.07) is 14.4. The van der Waals surface area contributed by atoms with Gasteiger partial charge < -0.3 is 4.74 Å². The van der Waals surface area contributed by atoms with Crippen molar-refractivity contribution in [1.82, 2.24) is 4.72 Å². The molecule has 0 aromatic heterocycles. The Balaban J connectivity index is 2.15. The number of carbonyl (C=O) groups excluding carboxylic acids is 1. The molecule has 0 aliphatic rings. The van der Waals surface area contributed by atoms with Crippen LogP contribution in [0.1, 0.15) is 35.4 Å². The van der Waals surface area contributed by atoms with Crippen molar-refractivity contribution < 1.29 is 17.9 Å². The minimum Gasteiger partial charge on any atom is -0.454 e. The van der Waals surface area contributed by atoms with Gasteiger partial charge in [0.05, 0.1) is 16.5 Å². The summed E-state index contributed by atoms with van der Waals surface area (Å²) >= 11 is 6.09. The number of rotatable bonds is 7. The van der Waals surface area contributed by atoms with Crippen LogP contribution >= 0.6 is 11.6 Å². The van der Waals surface area contributed by atoms with E-state index >= 15 is 0 Å². The standard InChI is InChI=1S/C18H17ClN2O4S/c1-13(16-8-2-3-9-17(16)19)25-18(22)14-6-4-7-15(12-14)26(23,24)21-11-5-10-20/h2-4,6-9,12-13,21H,5,11H2,1H3/t13-/m0/s1. The first-order chi connectivity index (χ1) is 12.3. The van der Waals surface area contributed by atoms with Gasteiger partial charge in [0.1, 0.15) is 6.10 Å². The van der Waals surface area contributed by atoms with Gasteiger partial charge in [0.25, 0.3) is 0 Å². The maximum atomic E-state index is 12.4. The van der Waals surface area contributed by atoms with Crippen LogP contribution in [0.3, 0.4) is 0 Å².